The van der Waals surface area contributed by atoms with E-state index in [4.69, 9.17) is 15.0 Å². The fourth-order valence-corrected chi connectivity index (χ4v) is 8.92. The van der Waals surface area contributed by atoms with Crippen LogP contribution in [0.25, 0.3) is 95.0 Å². The third-order valence-corrected chi connectivity index (χ3v) is 12.4. The van der Waals surface area contributed by atoms with Gasteiger partial charge in [-0.05, 0) is 94.0 Å². The lowest BCUT2D eigenvalue weighted by Crippen LogP contribution is -2.12. The third-order valence-electron chi connectivity index (χ3n) is 12.4. The summed E-state index contributed by atoms with van der Waals surface area (Å²) in [5.74, 6) is 0.172. The zero-order valence-corrected chi connectivity index (χ0v) is 37.7. The number of halogens is 15. The van der Waals surface area contributed by atoms with Crippen molar-refractivity contribution in [1.29, 1.82) is 0 Å². The highest BCUT2D eigenvalue weighted by Gasteiger charge is 2.40. The van der Waals surface area contributed by atoms with Crippen molar-refractivity contribution in [1.82, 2.24) is 19.5 Å². The maximum absolute atomic E-state index is 14.8. The van der Waals surface area contributed by atoms with E-state index in [9.17, 15) is 65.9 Å². The molecule has 2 aromatic heterocycles. The Labute approximate surface area is 414 Å². The van der Waals surface area contributed by atoms with Gasteiger partial charge in [0, 0.05) is 27.5 Å². The van der Waals surface area contributed by atoms with Crippen molar-refractivity contribution in [2.24, 2.45) is 0 Å². The first kappa shape index (κ1) is 50.1. The molecule has 10 rings (SSSR count). The van der Waals surface area contributed by atoms with Crippen LogP contribution in [0.1, 0.15) is 27.8 Å². The molecule has 0 aliphatic heterocycles. The molecule has 0 saturated carbocycles. The van der Waals surface area contributed by atoms with E-state index in [-0.39, 0.29) is 84.9 Å². The molecule has 0 radical (unpaired) electrons. The standard InChI is InChI=1S/C56H29F15N4/c57-52(58,59)36-13-7-12-32(24-36)33-14-21-43(51-73-49(30-8-3-1-4-9-30)72-50(74-51)31-10-5-2-6-11-31)48(25-33)75-46-26-34(39-22-17-37(53(60,61)62)28-44(39)55(66,67)68)15-19-41(46)42-20-16-35(27-47(42)75)40-23-18-38(54(63,64)65)29-45(40)56(69,70)71/h1-29H. The summed E-state index contributed by atoms with van der Waals surface area (Å²) in [6, 6.07) is 35.2. The van der Waals surface area contributed by atoms with E-state index in [1.54, 1.807) is 60.7 Å². The summed E-state index contributed by atoms with van der Waals surface area (Å²) in [4.78, 5) is 14.4. The van der Waals surface area contributed by atoms with Crippen LogP contribution in [0.3, 0.4) is 0 Å². The topological polar surface area (TPSA) is 43.6 Å². The summed E-state index contributed by atoms with van der Waals surface area (Å²) in [5, 5.41) is 0.399. The van der Waals surface area contributed by atoms with Gasteiger partial charge in [0.1, 0.15) is 0 Å². The van der Waals surface area contributed by atoms with E-state index in [0.29, 0.717) is 35.4 Å². The van der Waals surface area contributed by atoms with Gasteiger partial charge in [-0.15, -0.1) is 0 Å². The van der Waals surface area contributed by atoms with Gasteiger partial charge < -0.3 is 4.57 Å². The maximum Gasteiger partial charge on any atom is 0.417 e. The van der Waals surface area contributed by atoms with Crippen molar-refractivity contribution in [3.8, 4) is 73.2 Å². The molecule has 378 valence electrons. The Balaban J connectivity index is 1.34. The Morgan fingerprint density at radius 3 is 1.11 bits per heavy atom. The van der Waals surface area contributed by atoms with E-state index in [2.05, 4.69) is 0 Å². The Morgan fingerprint density at radius 1 is 0.280 bits per heavy atom. The normalized spacial score (nSPS) is 12.7. The summed E-state index contributed by atoms with van der Waals surface area (Å²) < 4.78 is 216. The van der Waals surface area contributed by atoms with Crippen LogP contribution < -0.4 is 0 Å². The van der Waals surface area contributed by atoms with Gasteiger partial charge in [0.15, 0.2) is 17.5 Å². The molecule has 0 aliphatic rings. The van der Waals surface area contributed by atoms with Crippen molar-refractivity contribution in [3.05, 3.63) is 204 Å². The van der Waals surface area contributed by atoms with Gasteiger partial charge in [-0.2, -0.15) is 65.9 Å². The molecule has 0 saturated heterocycles. The number of hydrogen-bond acceptors (Lipinski definition) is 3. The number of nitrogens with zero attached hydrogens (tertiary/aromatic N) is 4. The summed E-state index contributed by atoms with van der Waals surface area (Å²) in [5.41, 5.74) is -8.45. The van der Waals surface area contributed by atoms with Crippen molar-refractivity contribution in [2.75, 3.05) is 0 Å². The fraction of sp³-hybridized carbons (Fsp3) is 0.0893. The lowest BCUT2D eigenvalue weighted by Gasteiger charge is -2.19. The minimum absolute atomic E-state index is 0.00418. The number of benzene rings is 8. The van der Waals surface area contributed by atoms with Gasteiger partial charge in [0.05, 0.1) is 44.5 Å². The highest BCUT2D eigenvalue weighted by Crippen LogP contribution is 2.47. The molecule has 0 N–H and O–H groups in total. The van der Waals surface area contributed by atoms with Gasteiger partial charge in [-0.3, -0.25) is 0 Å². The van der Waals surface area contributed by atoms with Crippen molar-refractivity contribution < 1.29 is 65.9 Å². The van der Waals surface area contributed by atoms with Crippen LogP contribution in [-0.4, -0.2) is 19.5 Å². The number of alkyl halides is 15. The summed E-state index contributed by atoms with van der Waals surface area (Å²) in [6.07, 6.45) is -25.9. The molecular formula is C56H29F15N4. The van der Waals surface area contributed by atoms with E-state index in [0.717, 1.165) is 18.2 Å². The average molecular weight is 1040 g/mol. The Morgan fingerprint density at radius 2 is 0.667 bits per heavy atom. The fourth-order valence-electron chi connectivity index (χ4n) is 8.92. The molecule has 0 fully saturated rings. The zero-order valence-electron chi connectivity index (χ0n) is 37.7. The highest BCUT2D eigenvalue weighted by molar-refractivity contribution is 6.12. The Hall–Kier alpha value is -8.48. The summed E-state index contributed by atoms with van der Waals surface area (Å²) >= 11 is 0. The molecule has 0 amide bonds. The molecule has 0 bridgehead atoms. The monoisotopic (exact) mass is 1040 g/mol. The number of hydrogen-bond donors (Lipinski definition) is 0. The molecule has 8 aromatic carbocycles. The SMILES string of the molecule is FC(F)(F)c1cccc(-c2ccc(-c3nc(-c4ccccc4)nc(-c4ccccc4)n3)c(-n3c4cc(-c5ccc(C(F)(F)F)cc5C(F)(F)F)ccc4c4ccc(-c5ccc(C(F)(F)F)cc5C(F)(F)F)cc43)c2)c1. The summed E-state index contributed by atoms with van der Waals surface area (Å²) in [6.45, 7) is 0. The van der Waals surface area contributed by atoms with E-state index in [1.807, 2.05) is 0 Å². The molecule has 2 heterocycles. The van der Waals surface area contributed by atoms with Gasteiger partial charge in [0.2, 0.25) is 0 Å². The first-order valence-corrected chi connectivity index (χ1v) is 22.2. The van der Waals surface area contributed by atoms with Crippen molar-refractivity contribution >= 4 is 21.8 Å². The largest absolute Gasteiger partial charge is 0.417 e. The van der Waals surface area contributed by atoms with Crippen LogP contribution in [-0.2, 0) is 30.9 Å². The molecule has 19 heteroatoms. The highest BCUT2D eigenvalue weighted by atomic mass is 19.4. The minimum atomic E-state index is -5.34. The molecular weight excluding hydrogens is 1010 g/mol. The van der Waals surface area contributed by atoms with Crippen LogP contribution in [0.4, 0.5) is 65.9 Å². The summed E-state index contributed by atoms with van der Waals surface area (Å²) in [7, 11) is 0. The van der Waals surface area contributed by atoms with E-state index < -0.39 is 69.8 Å². The zero-order chi connectivity index (χ0) is 53.4. The smallest absolute Gasteiger partial charge is 0.308 e. The minimum Gasteiger partial charge on any atom is -0.308 e. The van der Waals surface area contributed by atoms with Gasteiger partial charge in [-0.1, -0.05) is 115 Å². The molecule has 75 heavy (non-hydrogen) atoms. The van der Waals surface area contributed by atoms with Crippen molar-refractivity contribution in [3.63, 3.8) is 0 Å². The second-order valence-electron chi connectivity index (χ2n) is 17.2. The van der Waals surface area contributed by atoms with Crippen LogP contribution in [0.5, 0.6) is 0 Å². The first-order valence-electron chi connectivity index (χ1n) is 22.2. The quantitative estimate of drug-likeness (QED) is 0.149. The maximum atomic E-state index is 14.8. The van der Waals surface area contributed by atoms with Crippen molar-refractivity contribution in [2.45, 2.75) is 30.9 Å². The molecule has 0 atom stereocenters. The average Bonchev–Trinajstić information content (AvgIpc) is 3.72. The number of fused-ring (bicyclic) bond motifs is 3. The molecule has 0 unspecified atom stereocenters. The third kappa shape index (κ3) is 9.77. The lowest BCUT2D eigenvalue weighted by atomic mass is 9.95. The molecule has 4 nitrogen and oxygen atoms in total. The van der Waals surface area contributed by atoms with Crippen LogP contribution in [0, 0.1) is 0 Å². The Kier molecular flexibility index (Phi) is 12.1. The van der Waals surface area contributed by atoms with Crippen LogP contribution >= 0.6 is 0 Å². The lowest BCUT2D eigenvalue weighted by molar-refractivity contribution is -0.144. The predicted molar refractivity (Wildman–Crippen MR) is 252 cm³/mol. The second-order valence-corrected chi connectivity index (χ2v) is 17.2. The van der Waals surface area contributed by atoms with Crippen LogP contribution in [0.15, 0.2) is 176 Å². The van der Waals surface area contributed by atoms with Gasteiger partial charge >= 0.3 is 30.9 Å². The van der Waals surface area contributed by atoms with E-state index >= 15 is 0 Å². The predicted octanol–water partition coefficient (Wildman–Crippen LogP) is 18.1. The number of aromatic nitrogens is 4. The number of rotatable bonds is 7. The van der Waals surface area contributed by atoms with E-state index in [1.165, 1.54) is 65.2 Å². The Bertz CT molecular complexity index is 3630. The molecule has 0 spiro atoms. The first-order chi connectivity index (χ1) is 35.3. The van der Waals surface area contributed by atoms with Gasteiger partial charge in [-0.25, -0.2) is 15.0 Å². The second kappa shape index (κ2) is 18.2. The molecule has 0 aliphatic carbocycles. The molecule has 10 aromatic rings. The van der Waals surface area contributed by atoms with Crippen LogP contribution in [0.2, 0.25) is 0 Å². The van der Waals surface area contributed by atoms with Gasteiger partial charge in [0.25, 0.3) is 0 Å².